The molecular formula is C17H27BrN2O2. The molecule has 0 radical (unpaired) electrons. The van der Waals surface area contributed by atoms with Gasteiger partial charge < -0.3 is 19.7 Å². The number of methoxy groups -OCH3 is 1. The first-order valence-electron chi connectivity index (χ1n) is 8.02. The Morgan fingerprint density at radius 2 is 2.23 bits per heavy atom. The van der Waals surface area contributed by atoms with Crippen molar-refractivity contribution in [1.29, 1.82) is 0 Å². The molecule has 0 aliphatic carbocycles. The van der Waals surface area contributed by atoms with Gasteiger partial charge in [-0.25, -0.2) is 0 Å². The van der Waals surface area contributed by atoms with Crippen molar-refractivity contribution >= 4 is 15.9 Å². The van der Waals surface area contributed by atoms with Crippen LogP contribution in [-0.4, -0.2) is 45.3 Å². The first-order valence-corrected chi connectivity index (χ1v) is 8.81. The second kappa shape index (κ2) is 8.75. The van der Waals surface area contributed by atoms with E-state index in [0.717, 1.165) is 35.0 Å². The molecule has 0 spiro atoms. The van der Waals surface area contributed by atoms with Gasteiger partial charge in [-0.05, 0) is 79.4 Å². The summed E-state index contributed by atoms with van der Waals surface area (Å²) in [6.45, 7) is 6.95. The molecule has 1 aromatic carbocycles. The Labute approximate surface area is 142 Å². The van der Waals surface area contributed by atoms with Crippen molar-refractivity contribution in [2.45, 2.75) is 26.3 Å². The zero-order valence-corrected chi connectivity index (χ0v) is 15.4. The summed E-state index contributed by atoms with van der Waals surface area (Å²) in [5.41, 5.74) is 1.20. The van der Waals surface area contributed by atoms with Crippen LogP contribution < -0.4 is 14.8 Å². The summed E-state index contributed by atoms with van der Waals surface area (Å²) in [4.78, 5) is 2.42. The van der Waals surface area contributed by atoms with Gasteiger partial charge in [0.25, 0.3) is 0 Å². The molecule has 5 heteroatoms. The van der Waals surface area contributed by atoms with E-state index >= 15 is 0 Å². The first kappa shape index (κ1) is 17.6. The fourth-order valence-electron chi connectivity index (χ4n) is 3.02. The number of piperidine rings is 1. The molecule has 1 heterocycles. The van der Waals surface area contributed by atoms with E-state index in [9.17, 15) is 0 Å². The molecule has 124 valence electrons. The van der Waals surface area contributed by atoms with Crippen LogP contribution >= 0.6 is 15.9 Å². The average molecular weight is 371 g/mol. The molecule has 1 saturated heterocycles. The van der Waals surface area contributed by atoms with Crippen molar-refractivity contribution < 1.29 is 9.47 Å². The smallest absolute Gasteiger partial charge is 0.175 e. The van der Waals surface area contributed by atoms with Gasteiger partial charge >= 0.3 is 0 Å². The zero-order valence-electron chi connectivity index (χ0n) is 13.8. The third-order valence-corrected chi connectivity index (χ3v) is 4.65. The van der Waals surface area contributed by atoms with Gasteiger partial charge in [-0.3, -0.25) is 0 Å². The summed E-state index contributed by atoms with van der Waals surface area (Å²) < 4.78 is 12.0. The molecule has 0 unspecified atom stereocenters. The second-order valence-corrected chi connectivity index (χ2v) is 6.80. The average Bonchev–Trinajstić information content (AvgIpc) is 2.50. The third-order valence-electron chi connectivity index (χ3n) is 4.06. The van der Waals surface area contributed by atoms with Gasteiger partial charge in [-0.2, -0.15) is 0 Å². The van der Waals surface area contributed by atoms with E-state index in [1.165, 1.54) is 31.5 Å². The molecule has 1 aliphatic rings. The number of nitrogens with zero attached hydrogens (tertiary/aromatic N) is 1. The number of hydrogen-bond acceptors (Lipinski definition) is 4. The second-order valence-electron chi connectivity index (χ2n) is 5.94. The number of ether oxygens (including phenoxy) is 2. The SMILES string of the molecule is CCOc1c(Br)cc(CNC[C@H]2CCCN(C)C2)cc1OC. The van der Waals surface area contributed by atoms with Gasteiger partial charge in [-0.1, -0.05) is 0 Å². The molecule has 4 nitrogen and oxygen atoms in total. The Balaban J connectivity index is 1.91. The Bertz CT molecular complexity index is 482. The summed E-state index contributed by atoms with van der Waals surface area (Å²) in [7, 11) is 3.89. The molecule has 2 rings (SSSR count). The monoisotopic (exact) mass is 370 g/mol. The largest absolute Gasteiger partial charge is 0.493 e. The highest BCUT2D eigenvalue weighted by atomic mass is 79.9. The van der Waals surface area contributed by atoms with Gasteiger partial charge in [0.1, 0.15) is 0 Å². The van der Waals surface area contributed by atoms with Gasteiger partial charge in [-0.15, -0.1) is 0 Å². The molecule has 1 atom stereocenters. The van der Waals surface area contributed by atoms with Crippen molar-refractivity contribution in [3.63, 3.8) is 0 Å². The minimum absolute atomic E-state index is 0.627. The first-order chi connectivity index (χ1) is 10.6. The van der Waals surface area contributed by atoms with Crippen molar-refractivity contribution in [2.75, 3.05) is 40.4 Å². The number of halogens is 1. The van der Waals surface area contributed by atoms with Crippen LogP contribution in [0.3, 0.4) is 0 Å². The number of hydrogen-bond donors (Lipinski definition) is 1. The van der Waals surface area contributed by atoms with E-state index in [1.54, 1.807) is 7.11 Å². The van der Waals surface area contributed by atoms with Crippen LogP contribution in [0.5, 0.6) is 11.5 Å². The number of benzene rings is 1. The van der Waals surface area contributed by atoms with Gasteiger partial charge in [0, 0.05) is 13.1 Å². The Hall–Kier alpha value is -0.780. The van der Waals surface area contributed by atoms with Crippen LogP contribution in [0.4, 0.5) is 0 Å². The van der Waals surface area contributed by atoms with Crippen LogP contribution in [0, 0.1) is 5.92 Å². The lowest BCUT2D eigenvalue weighted by atomic mass is 9.98. The predicted octanol–water partition coefficient (Wildman–Crippen LogP) is 3.29. The highest BCUT2D eigenvalue weighted by Crippen LogP contribution is 2.36. The lowest BCUT2D eigenvalue weighted by Crippen LogP contribution is -2.37. The normalized spacial score (nSPS) is 19.2. The molecule has 22 heavy (non-hydrogen) atoms. The van der Waals surface area contributed by atoms with Crippen molar-refractivity contribution in [3.05, 3.63) is 22.2 Å². The molecule has 1 N–H and O–H groups in total. The van der Waals surface area contributed by atoms with Crippen molar-refractivity contribution in [1.82, 2.24) is 10.2 Å². The maximum atomic E-state index is 5.63. The van der Waals surface area contributed by atoms with Gasteiger partial charge in [0.05, 0.1) is 18.2 Å². The van der Waals surface area contributed by atoms with Crippen LogP contribution in [0.15, 0.2) is 16.6 Å². The minimum Gasteiger partial charge on any atom is -0.493 e. The van der Waals surface area contributed by atoms with Crippen LogP contribution in [0.1, 0.15) is 25.3 Å². The molecule has 0 saturated carbocycles. The standard InChI is InChI=1S/C17H27BrN2O2/c1-4-22-17-15(18)8-14(9-16(17)21-3)11-19-10-13-6-5-7-20(2)12-13/h8-9,13,19H,4-7,10-12H2,1-3H3/t13-/m1/s1. The van der Waals surface area contributed by atoms with E-state index in [1.807, 2.05) is 6.92 Å². The lowest BCUT2D eigenvalue weighted by Gasteiger charge is -2.29. The van der Waals surface area contributed by atoms with Crippen LogP contribution in [0.2, 0.25) is 0 Å². The highest BCUT2D eigenvalue weighted by Gasteiger charge is 2.17. The summed E-state index contributed by atoms with van der Waals surface area (Å²) >= 11 is 3.58. The molecule has 0 amide bonds. The van der Waals surface area contributed by atoms with E-state index in [0.29, 0.717) is 6.61 Å². The fraction of sp³-hybridized carbons (Fsp3) is 0.647. The fourth-order valence-corrected chi connectivity index (χ4v) is 3.62. The zero-order chi connectivity index (χ0) is 15.9. The predicted molar refractivity (Wildman–Crippen MR) is 93.8 cm³/mol. The maximum absolute atomic E-state index is 5.63. The summed E-state index contributed by atoms with van der Waals surface area (Å²) in [6, 6.07) is 4.16. The lowest BCUT2D eigenvalue weighted by molar-refractivity contribution is 0.206. The van der Waals surface area contributed by atoms with Crippen molar-refractivity contribution in [3.8, 4) is 11.5 Å². The summed E-state index contributed by atoms with van der Waals surface area (Å²) in [5.74, 6) is 2.32. The molecule has 0 bridgehead atoms. The topological polar surface area (TPSA) is 33.7 Å². The van der Waals surface area contributed by atoms with Crippen LogP contribution in [-0.2, 0) is 6.54 Å². The number of rotatable bonds is 7. The Morgan fingerprint density at radius 3 is 2.91 bits per heavy atom. The molecular weight excluding hydrogens is 344 g/mol. The van der Waals surface area contributed by atoms with Crippen LogP contribution in [0.25, 0.3) is 0 Å². The van der Waals surface area contributed by atoms with E-state index in [4.69, 9.17) is 9.47 Å². The van der Waals surface area contributed by atoms with Gasteiger partial charge in [0.2, 0.25) is 0 Å². The third kappa shape index (κ3) is 4.86. The molecule has 0 aromatic heterocycles. The summed E-state index contributed by atoms with van der Waals surface area (Å²) in [6.07, 6.45) is 2.64. The Kier molecular flexibility index (Phi) is 6.99. The highest BCUT2D eigenvalue weighted by molar-refractivity contribution is 9.10. The molecule has 1 aromatic rings. The molecule has 1 aliphatic heterocycles. The van der Waals surface area contributed by atoms with E-state index in [2.05, 4.69) is 45.3 Å². The molecule has 1 fully saturated rings. The number of nitrogens with one attached hydrogen (secondary N) is 1. The quantitative estimate of drug-likeness (QED) is 0.798. The Morgan fingerprint density at radius 1 is 1.41 bits per heavy atom. The van der Waals surface area contributed by atoms with E-state index < -0.39 is 0 Å². The van der Waals surface area contributed by atoms with Crippen molar-refractivity contribution in [2.24, 2.45) is 5.92 Å². The minimum atomic E-state index is 0.627. The van der Waals surface area contributed by atoms with E-state index in [-0.39, 0.29) is 0 Å². The summed E-state index contributed by atoms with van der Waals surface area (Å²) in [5, 5.41) is 3.58. The van der Waals surface area contributed by atoms with Gasteiger partial charge in [0.15, 0.2) is 11.5 Å². The number of likely N-dealkylation sites (tertiary alicyclic amines) is 1. The maximum Gasteiger partial charge on any atom is 0.175 e.